The Morgan fingerprint density at radius 1 is 1.44 bits per heavy atom. The first kappa shape index (κ1) is 15.8. The molecule has 6 heteroatoms. The first-order chi connectivity index (χ1) is 8.33. The molecule has 1 aromatic rings. The standard InChI is InChI=1S/C12H18ClNO2S2/c1-9(14-2)10-4-5-12(11(13)8-10)17-6-7-18(3,15)16/h4-5,8-9,14H,6-7H2,1-3H3. The fourth-order valence-electron chi connectivity index (χ4n) is 1.37. The van der Waals surface area contributed by atoms with Crippen molar-refractivity contribution in [2.24, 2.45) is 0 Å². The monoisotopic (exact) mass is 307 g/mol. The maximum atomic E-state index is 11.0. The molecule has 0 fully saturated rings. The zero-order valence-electron chi connectivity index (χ0n) is 10.7. The van der Waals surface area contributed by atoms with Gasteiger partial charge in [-0.05, 0) is 31.7 Å². The third-order valence-corrected chi connectivity index (χ3v) is 5.30. The molecule has 0 spiro atoms. The Morgan fingerprint density at radius 2 is 2.11 bits per heavy atom. The number of nitrogens with one attached hydrogen (secondary N) is 1. The van der Waals surface area contributed by atoms with Gasteiger partial charge >= 0.3 is 0 Å². The van der Waals surface area contributed by atoms with E-state index in [1.54, 1.807) is 0 Å². The molecule has 0 heterocycles. The summed E-state index contributed by atoms with van der Waals surface area (Å²) in [6.07, 6.45) is 1.24. The number of rotatable bonds is 6. The van der Waals surface area contributed by atoms with Gasteiger partial charge in [0.15, 0.2) is 0 Å². The minimum Gasteiger partial charge on any atom is -0.313 e. The smallest absolute Gasteiger partial charge is 0.148 e. The quantitative estimate of drug-likeness (QED) is 0.821. The third kappa shape index (κ3) is 5.18. The molecule has 1 rings (SSSR count). The first-order valence-corrected chi connectivity index (χ1v) is 9.03. The molecule has 102 valence electrons. The van der Waals surface area contributed by atoms with Crippen LogP contribution in [0.1, 0.15) is 18.5 Å². The highest BCUT2D eigenvalue weighted by Crippen LogP contribution is 2.29. The normalized spacial score (nSPS) is 13.6. The number of sulfone groups is 1. The van der Waals surface area contributed by atoms with Crippen LogP contribution in [-0.2, 0) is 9.84 Å². The first-order valence-electron chi connectivity index (χ1n) is 5.60. The van der Waals surface area contributed by atoms with Gasteiger partial charge in [0.05, 0.1) is 10.8 Å². The van der Waals surface area contributed by atoms with E-state index >= 15 is 0 Å². The SMILES string of the molecule is CNC(C)c1ccc(SCCS(C)(=O)=O)c(Cl)c1. The van der Waals surface area contributed by atoms with Crippen molar-refractivity contribution in [2.45, 2.75) is 17.9 Å². The molecule has 1 atom stereocenters. The molecule has 0 aliphatic heterocycles. The highest BCUT2D eigenvalue weighted by atomic mass is 35.5. The summed E-state index contributed by atoms with van der Waals surface area (Å²) in [6, 6.07) is 6.12. The Bertz CT molecular complexity index is 503. The van der Waals surface area contributed by atoms with Crippen molar-refractivity contribution in [1.29, 1.82) is 0 Å². The van der Waals surface area contributed by atoms with Gasteiger partial charge in [-0.25, -0.2) is 8.42 Å². The third-order valence-electron chi connectivity index (χ3n) is 2.60. The van der Waals surface area contributed by atoms with Crippen LogP contribution >= 0.6 is 23.4 Å². The molecule has 0 aromatic heterocycles. The van der Waals surface area contributed by atoms with Crippen LogP contribution in [0.3, 0.4) is 0 Å². The fourth-order valence-corrected chi connectivity index (χ4v) is 3.85. The van der Waals surface area contributed by atoms with Crippen molar-refractivity contribution in [2.75, 3.05) is 24.8 Å². The number of thioether (sulfide) groups is 1. The van der Waals surface area contributed by atoms with Crippen molar-refractivity contribution in [3.63, 3.8) is 0 Å². The molecule has 1 N–H and O–H groups in total. The van der Waals surface area contributed by atoms with Crippen LogP contribution in [0.2, 0.25) is 5.02 Å². The van der Waals surface area contributed by atoms with Gasteiger partial charge in [-0.1, -0.05) is 17.7 Å². The van der Waals surface area contributed by atoms with E-state index in [9.17, 15) is 8.42 Å². The van der Waals surface area contributed by atoms with Gasteiger partial charge in [-0.3, -0.25) is 0 Å². The van der Waals surface area contributed by atoms with E-state index in [0.717, 1.165) is 10.5 Å². The van der Waals surface area contributed by atoms with E-state index in [0.29, 0.717) is 10.8 Å². The highest BCUT2D eigenvalue weighted by molar-refractivity contribution is 8.00. The summed E-state index contributed by atoms with van der Waals surface area (Å²) in [6.45, 7) is 2.06. The second kappa shape index (κ2) is 6.80. The van der Waals surface area contributed by atoms with Crippen LogP contribution in [0, 0.1) is 0 Å². The summed E-state index contributed by atoms with van der Waals surface area (Å²) in [5.74, 6) is 0.697. The Hall–Kier alpha value is -0.230. The lowest BCUT2D eigenvalue weighted by atomic mass is 10.1. The van der Waals surface area contributed by atoms with Gasteiger partial charge in [0.25, 0.3) is 0 Å². The van der Waals surface area contributed by atoms with E-state index < -0.39 is 9.84 Å². The van der Waals surface area contributed by atoms with Crippen LogP contribution in [0.5, 0.6) is 0 Å². The molecule has 18 heavy (non-hydrogen) atoms. The molecule has 0 aliphatic rings. The highest BCUT2D eigenvalue weighted by Gasteiger charge is 2.08. The van der Waals surface area contributed by atoms with Gasteiger partial charge in [-0.15, -0.1) is 11.8 Å². The lowest BCUT2D eigenvalue weighted by molar-refractivity contribution is 0.603. The Kier molecular flexibility index (Phi) is 5.98. The predicted molar refractivity (Wildman–Crippen MR) is 79.4 cm³/mol. The van der Waals surface area contributed by atoms with Gasteiger partial charge in [-0.2, -0.15) is 0 Å². The zero-order chi connectivity index (χ0) is 13.8. The lowest BCUT2D eigenvalue weighted by Crippen LogP contribution is -2.12. The summed E-state index contributed by atoms with van der Waals surface area (Å²) in [7, 11) is -1.01. The van der Waals surface area contributed by atoms with Crippen molar-refractivity contribution in [3.8, 4) is 0 Å². The number of halogens is 1. The van der Waals surface area contributed by atoms with Crippen LogP contribution in [0.15, 0.2) is 23.1 Å². The molecule has 1 unspecified atom stereocenters. The summed E-state index contributed by atoms with van der Waals surface area (Å²) >= 11 is 7.65. The molecule has 0 saturated carbocycles. The van der Waals surface area contributed by atoms with E-state index in [1.807, 2.05) is 25.2 Å². The molecular formula is C12H18ClNO2S2. The van der Waals surface area contributed by atoms with E-state index in [1.165, 1.54) is 18.0 Å². The minimum absolute atomic E-state index is 0.169. The second-order valence-electron chi connectivity index (χ2n) is 4.18. The average Bonchev–Trinajstić information content (AvgIpc) is 2.28. The maximum absolute atomic E-state index is 11.0. The lowest BCUT2D eigenvalue weighted by Gasteiger charge is -2.12. The van der Waals surface area contributed by atoms with E-state index in [2.05, 4.69) is 12.2 Å². The topological polar surface area (TPSA) is 46.2 Å². The second-order valence-corrected chi connectivity index (χ2v) is 7.98. The number of hydrogen-bond acceptors (Lipinski definition) is 4. The summed E-state index contributed by atoms with van der Waals surface area (Å²) in [4.78, 5) is 0.923. The molecular weight excluding hydrogens is 290 g/mol. The van der Waals surface area contributed by atoms with Gasteiger partial charge < -0.3 is 5.32 Å². The largest absolute Gasteiger partial charge is 0.313 e. The number of benzene rings is 1. The van der Waals surface area contributed by atoms with Gasteiger partial charge in [0.2, 0.25) is 0 Å². The average molecular weight is 308 g/mol. The summed E-state index contributed by atoms with van der Waals surface area (Å²) < 4.78 is 22.1. The summed E-state index contributed by atoms with van der Waals surface area (Å²) in [5, 5.41) is 3.82. The van der Waals surface area contributed by atoms with E-state index in [4.69, 9.17) is 11.6 Å². The number of hydrogen-bond donors (Lipinski definition) is 1. The Labute approximate surface area is 118 Å². The van der Waals surface area contributed by atoms with Crippen molar-refractivity contribution >= 4 is 33.2 Å². The van der Waals surface area contributed by atoms with Crippen molar-refractivity contribution < 1.29 is 8.42 Å². The van der Waals surface area contributed by atoms with Crippen molar-refractivity contribution in [3.05, 3.63) is 28.8 Å². The van der Waals surface area contributed by atoms with Crippen LogP contribution < -0.4 is 5.32 Å². The van der Waals surface area contributed by atoms with Crippen LogP contribution in [0.4, 0.5) is 0 Å². The minimum atomic E-state index is -2.91. The van der Waals surface area contributed by atoms with Crippen LogP contribution in [-0.4, -0.2) is 33.2 Å². The fraction of sp³-hybridized carbons (Fsp3) is 0.500. The molecule has 0 aliphatic carbocycles. The molecule has 1 aromatic carbocycles. The van der Waals surface area contributed by atoms with Gasteiger partial charge in [0.1, 0.15) is 9.84 Å². The Balaban J connectivity index is 2.68. The van der Waals surface area contributed by atoms with Crippen LogP contribution in [0.25, 0.3) is 0 Å². The molecule has 3 nitrogen and oxygen atoms in total. The predicted octanol–water partition coefficient (Wildman–Crippen LogP) is 2.76. The van der Waals surface area contributed by atoms with Gasteiger partial charge in [0, 0.05) is 22.9 Å². The molecule has 0 radical (unpaired) electrons. The van der Waals surface area contributed by atoms with Crippen molar-refractivity contribution in [1.82, 2.24) is 5.32 Å². The van der Waals surface area contributed by atoms with E-state index in [-0.39, 0.29) is 11.8 Å². The Morgan fingerprint density at radius 3 is 2.61 bits per heavy atom. The molecule has 0 amide bonds. The summed E-state index contributed by atoms with van der Waals surface area (Å²) in [5.41, 5.74) is 1.12. The molecule has 0 saturated heterocycles. The maximum Gasteiger partial charge on any atom is 0.148 e. The molecule has 0 bridgehead atoms. The zero-order valence-corrected chi connectivity index (χ0v) is 13.1.